The highest BCUT2D eigenvalue weighted by atomic mass is 35.5. The van der Waals surface area contributed by atoms with Crippen molar-refractivity contribution >= 4 is 22.5 Å². The van der Waals surface area contributed by atoms with E-state index in [4.69, 9.17) is 21.6 Å². The predicted octanol–water partition coefficient (Wildman–Crippen LogP) is 4.49. The van der Waals surface area contributed by atoms with Gasteiger partial charge < -0.3 is 4.74 Å². The van der Waals surface area contributed by atoms with E-state index in [-0.39, 0.29) is 24.7 Å². The largest absolute Gasteiger partial charge is 0.422 e. The number of aryl methyl sites for hydroxylation is 1. The monoisotopic (exact) mass is 381 g/mol. The summed E-state index contributed by atoms with van der Waals surface area (Å²) in [5.74, 6) is 0.228. The molecule has 6 nitrogen and oxygen atoms in total. The van der Waals surface area contributed by atoms with Crippen LogP contribution in [0.3, 0.4) is 0 Å². The lowest BCUT2D eigenvalue weighted by Crippen LogP contribution is -2.10. The number of nitriles is 1. The first-order chi connectivity index (χ1) is 12.4. The fourth-order valence-corrected chi connectivity index (χ4v) is 2.48. The number of rotatable bonds is 5. The van der Waals surface area contributed by atoms with Crippen LogP contribution in [0.2, 0.25) is 5.02 Å². The molecule has 134 valence electrons. The highest BCUT2D eigenvalue weighted by Gasteiger charge is 2.26. The molecule has 3 aromatic rings. The molecule has 0 amide bonds. The van der Waals surface area contributed by atoms with E-state index in [0.717, 1.165) is 0 Å². The van der Waals surface area contributed by atoms with Gasteiger partial charge in [-0.05, 0) is 12.5 Å². The minimum Gasteiger partial charge on any atom is -0.422 e. The molecule has 0 radical (unpaired) electrons. The van der Waals surface area contributed by atoms with Gasteiger partial charge >= 0.3 is 12.2 Å². The second kappa shape index (κ2) is 7.17. The van der Waals surface area contributed by atoms with E-state index in [9.17, 15) is 13.2 Å². The fraction of sp³-hybridized carbons (Fsp3) is 0.250. The van der Waals surface area contributed by atoms with Gasteiger partial charge in [-0.25, -0.2) is 9.97 Å². The van der Waals surface area contributed by atoms with Crippen molar-refractivity contribution in [2.45, 2.75) is 25.6 Å². The molecular weight excluding hydrogens is 371 g/mol. The first-order valence-corrected chi connectivity index (χ1v) is 7.85. The zero-order valence-corrected chi connectivity index (χ0v) is 13.9. The molecule has 0 aliphatic rings. The summed E-state index contributed by atoms with van der Waals surface area (Å²) in [5, 5.41) is 14.2. The van der Waals surface area contributed by atoms with E-state index in [1.165, 1.54) is 29.3 Å². The van der Waals surface area contributed by atoms with Crippen LogP contribution in [-0.2, 0) is 6.54 Å². The normalized spacial score (nSPS) is 11.5. The van der Waals surface area contributed by atoms with Crippen LogP contribution in [-0.4, -0.2) is 25.9 Å². The molecule has 0 N–H and O–H groups in total. The highest BCUT2D eigenvalue weighted by molar-refractivity contribution is 6.30. The summed E-state index contributed by atoms with van der Waals surface area (Å²) in [7, 11) is 0. The van der Waals surface area contributed by atoms with Crippen LogP contribution < -0.4 is 4.74 Å². The maximum absolute atomic E-state index is 12.4. The van der Waals surface area contributed by atoms with Crippen molar-refractivity contribution in [2.24, 2.45) is 0 Å². The average Bonchev–Trinajstić information content (AvgIpc) is 2.99. The van der Waals surface area contributed by atoms with Crippen molar-refractivity contribution in [3.8, 4) is 17.8 Å². The quantitative estimate of drug-likeness (QED) is 0.651. The summed E-state index contributed by atoms with van der Waals surface area (Å²) < 4.78 is 44.2. The standard InChI is InChI=1S/C16H11ClF3N5O/c17-12-8-22-15(23-9-12)26-13-5-10(6-21)4-11-7-24-25(14(11)13)3-1-2-16(18,19)20/h4-5,7-9H,1-3H2. The van der Waals surface area contributed by atoms with Crippen LogP contribution in [0.25, 0.3) is 10.9 Å². The van der Waals surface area contributed by atoms with Gasteiger partial charge in [0.05, 0.1) is 35.2 Å². The third-order valence-corrected chi connectivity index (χ3v) is 3.65. The highest BCUT2D eigenvalue weighted by Crippen LogP contribution is 2.31. The number of hydrogen-bond donors (Lipinski definition) is 0. The number of nitrogens with zero attached hydrogens (tertiary/aromatic N) is 5. The molecule has 0 fully saturated rings. The third kappa shape index (κ3) is 4.21. The van der Waals surface area contributed by atoms with E-state index < -0.39 is 12.6 Å². The van der Waals surface area contributed by atoms with Gasteiger partial charge in [0, 0.05) is 24.4 Å². The summed E-state index contributed by atoms with van der Waals surface area (Å²) >= 11 is 5.73. The van der Waals surface area contributed by atoms with Gasteiger partial charge in [-0.2, -0.15) is 23.5 Å². The third-order valence-electron chi connectivity index (χ3n) is 3.46. The first kappa shape index (κ1) is 17.9. The summed E-state index contributed by atoms with van der Waals surface area (Å²) in [6, 6.07) is 5.04. The van der Waals surface area contributed by atoms with E-state index in [1.807, 2.05) is 6.07 Å². The fourth-order valence-electron chi connectivity index (χ4n) is 2.39. The maximum Gasteiger partial charge on any atom is 0.389 e. The van der Waals surface area contributed by atoms with Crippen molar-refractivity contribution in [3.63, 3.8) is 0 Å². The molecule has 2 heterocycles. The minimum absolute atomic E-state index is 0.00571. The Morgan fingerprint density at radius 3 is 2.58 bits per heavy atom. The molecule has 10 heteroatoms. The van der Waals surface area contributed by atoms with Crippen molar-refractivity contribution in [1.29, 1.82) is 5.26 Å². The average molecular weight is 382 g/mol. The van der Waals surface area contributed by atoms with Crippen molar-refractivity contribution in [2.75, 3.05) is 0 Å². The second-order valence-corrected chi connectivity index (χ2v) is 5.83. The van der Waals surface area contributed by atoms with Gasteiger partial charge in [-0.1, -0.05) is 11.6 Å². The summed E-state index contributed by atoms with van der Waals surface area (Å²) in [5.41, 5.74) is 0.779. The van der Waals surface area contributed by atoms with Gasteiger partial charge in [0.15, 0.2) is 5.75 Å². The minimum atomic E-state index is -4.23. The zero-order chi connectivity index (χ0) is 18.7. The van der Waals surface area contributed by atoms with E-state index >= 15 is 0 Å². The van der Waals surface area contributed by atoms with Crippen molar-refractivity contribution in [1.82, 2.24) is 19.7 Å². The molecule has 0 saturated heterocycles. The Morgan fingerprint density at radius 2 is 1.92 bits per heavy atom. The first-order valence-electron chi connectivity index (χ1n) is 7.47. The van der Waals surface area contributed by atoms with Crippen LogP contribution >= 0.6 is 11.6 Å². The molecule has 0 bridgehead atoms. The van der Waals surface area contributed by atoms with Gasteiger partial charge in [-0.15, -0.1) is 0 Å². The van der Waals surface area contributed by atoms with Gasteiger partial charge in [0.25, 0.3) is 0 Å². The Labute approximate surface area is 150 Å². The van der Waals surface area contributed by atoms with Crippen molar-refractivity contribution in [3.05, 3.63) is 41.3 Å². The van der Waals surface area contributed by atoms with Crippen LogP contribution in [0.1, 0.15) is 18.4 Å². The van der Waals surface area contributed by atoms with Crippen LogP contribution in [0, 0.1) is 11.3 Å². The van der Waals surface area contributed by atoms with E-state index in [1.54, 1.807) is 6.07 Å². The summed E-state index contributed by atoms with van der Waals surface area (Å²) in [4.78, 5) is 7.84. The predicted molar refractivity (Wildman–Crippen MR) is 86.9 cm³/mol. The smallest absolute Gasteiger partial charge is 0.389 e. The molecular formula is C16H11ClF3N5O. The number of ether oxygens (including phenoxy) is 1. The molecule has 3 rings (SSSR count). The zero-order valence-electron chi connectivity index (χ0n) is 13.2. The van der Waals surface area contributed by atoms with Crippen molar-refractivity contribution < 1.29 is 17.9 Å². The Hall–Kier alpha value is -2.86. The maximum atomic E-state index is 12.4. The van der Waals surface area contributed by atoms with Crippen LogP contribution in [0.4, 0.5) is 13.2 Å². The number of hydrogen-bond acceptors (Lipinski definition) is 5. The molecule has 0 aliphatic carbocycles. The number of alkyl halides is 3. The Kier molecular flexibility index (Phi) is 4.95. The Morgan fingerprint density at radius 1 is 1.19 bits per heavy atom. The number of aromatic nitrogens is 4. The van der Waals surface area contributed by atoms with Gasteiger partial charge in [0.2, 0.25) is 0 Å². The molecule has 0 saturated carbocycles. The topological polar surface area (TPSA) is 76.6 Å². The van der Waals surface area contributed by atoms with Gasteiger partial charge in [0.1, 0.15) is 5.52 Å². The van der Waals surface area contributed by atoms with E-state index in [2.05, 4.69) is 15.1 Å². The Balaban J connectivity index is 1.95. The molecule has 0 aliphatic heterocycles. The number of halogens is 4. The lowest BCUT2D eigenvalue weighted by Gasteiger charge is -2.10. The molecule has 2 aromatic heterocycles. The molecule has 0 unspecified atom stereocenters. The second-order valence-electron chi connectivity index (χ2n) is 5.40. The molecule has 0 spiro atoms. The lowest BCUT2D eigenvalue weighted by molar-refractivity contribution is -0.135. The summed E-state index contributed by atoms with van der Waals surface area (Å²) in [6.07, 6.45) is -1.11. The molecule has 26 heavy (non-hydrogen) atoms. The SMILES string of the molecule is N#Cc1cc(Oc2ncc(Cl)cn2)c2c(cnn2CCCC(F)(F)F)c1. The van der Waals surface area contributed by atoms with Gasteiger partial charge in [-0.3, -0.25) is 4.68 Å². The molecule has 1 aromatic carbocycles. The van der Waals surface area contributed by atoms with Crippen LogP contribution in [0.15, 0.2) is 30.7 Å². The number of benzene rings is 1. The number of fused-ring (bicyclic) bond motifs is 1. The van der Waals surface area contributed by atoms with Crippen LogP contribution in [0.5, 0.6) is 11.8 Å². The lowest BCUT2D eigenvalue weighted by atomic mass is 10.1. The van der Waals surface area contributed by atoms with E-state index in [0.29, 0.717) is 21.5 Å². The summed E-state index contributed by atoms with van der Waals surface area (Å²) in [6.45, 7) is 0.0484. The molecule has 0 atom stereocenters. The Bertz CT molecular complexity index is 963.